The fourth-order valence-electron chi connectivity index (χ4n) is 2.36. The average Bonchev–Trinajstić information content (AvgIpc) is 2.77. The number of anilines is 4. The molecule has 0 aliphatic rings. The molecule has 2 aromatic heterocycles. The normalized spacial score (nSPS) is 9.29. The van der Waals surface area contributed by atoms with Gasteiger partial charge >= 0.3 is 0 Å². The van der Waals surface area contributed by atoms with Crippen molar-refractivity contribution >= 4 is 44.6 Å². The van der Waals surface area contributed by atoms with E-state index in [2.05, 4.69) is 9.97 Å². The fraction of sp³-hybridized carbons (Fsp3) is 0.182. The summed E-state index contributed by atoms with van der Waals surface area (Å²) in [6.45, 7) is 8.00. The van der Waals surface area contributed by atoms with Crippen LogP contribution < -0.4 is 22.9 Å². The molecule has 0 radical (unpaired) electrons. The molecule has 8 N–H and O–H groups in total. The minimum atomic E-state index is 0.536. The molecule has 6 heteroatoms. The number of nitrogens with zero attached hydrogens (tertiary/aromatic N) is 2. The van der Waals surface area contributed by atoms with Crippen LogP contribution in [0.4, 0.5) is 22.7 Å². The van der Waals surface area contributed by atoms with Gasteiger partial charge in [0.25, 0.3) is 0 Å². The molecule has 2 heterocycles. The van der Waals surface area contributed by atoms with E-state index in [0.717, 1.165) is 21.8 Å². The molecule has 4 rings (SSSR count). The van der Waals surface area contributed by atoms with Crippen molar-refractivity contribution < 1.29 is 0 Å². The summed E-state index contributed by atoms with van der Waals surface area (Å²) in [4.78, 5) is 8.27. The number of rotatable bonds is 0. The highest BCUT2D eigenvalue weighted by Crippen LogP contribution is 2.24. The Morgan fingerprint density at radius 2 is 0.857 bits per heavy atom. The Kier molecular flexibility index (Phi) is 9.03. The minimum absolute atomic E-state index is 0.536. The number of nitrogen functional groups attached to an aromatic ring is 4. The van der Waals surface area contributed by atoms with Crippen LogP contribution >= 0.6 is 0 Å². The highest BCUT2D eigenvalue weighted by molar-refractivity contribution is 5.96. The summed E-state index contributed by atoms with van der Waals surface area (Å²) in [5, 5.41) is 1.83. The minimum Gasteiger partial charge on any atom is -0.396 e. The van der Waals surface area contributed by atoms with Crippen LogP contribution in [0.15, 0.2) is 60.9 Å². The topological polar surface area (TPSA) is 130 Å². The van der Waals surface area contributed by atoms with Crippen LogP contribution in [0.2, 0.25) is 0 Å². The van der Waals surface area contributed by atoms with Crippen LogP contribution in [0.3, 0.4) is 0 Å². The van der Waals surface area contributed by atoms with Crippen molar-refractivity contribution in [2.75, 3.05) is 22.9 Å². The Bertz CT molecular complexity index is 931. The number of fused-ring (bicyclic) bond motifs is 2. The third-order valence-corrected chi connectivity index (χ3v) is 3.70. The van der Waals surface area contributed by atoms with Gasteiger partial charge in [0.2, 0.25) is 0 Å². The molecule has 28 heavy (non-hydrogen) atoms. The number of benzene rings is 2. The summed E-state index contributed by atoms with van der Waals surface area (Å²) in [6, 6.07) is 15.3. The Hall–Kier alpha value is -3.54. The van der Waals surface area contributed by atoms with Crippen molar-refractivity contribution in [2.24, 2.45) is 0 Å². The molecule has 6 nitrogen and oxygen atoms in total. The van der Waals surface area contributed by atoms with E-state index in [1.807, 2.05) is 76.2 Å². The van der Waals surface area contributed by atoms with Crippen molar-refractivity contribution in [3.8, 4) is 0 Å². The van der Waals surface area contributed by atoms with Crippen LogP contribution in [0.1, 0.15) is 27.7 Å². The molecule has 4 aromatic rings. The van der Waals surface area contributed by atoms with Gasteiger partial charge in [-0.05, 0) is 12.1 Å². The maximum atomic E-state index is 5.75. The zero-order valence-electron chi connectivity index (χ0n) is 17.0. The first-order chi connectivity index (χ1) is 13.6. The van der Waals surface area contributed by atoms with Crippen molar-refractivity contribution in [1.29, 1.82) is 0 Å². The molecule has 0 aliphatic carbocycles. The smallest absolute Gasteiger partial charge is 0.0740 e. The van der Waals surface area contributed by atoms with E-state index in [0.29, 0.717) is 22.7 Å². The predicted molar refractivity (Wildman–Crippen MR) is 124 cm³/mol. The van der Waals surface area contributed by atoms with E-state index < -0.39 is 0 Å². The Balaban J connectivity index is 0.000000238. The molecule has 0 amide bonds. The number of pyridine rings is 2. The monoisotopic (exact) mass is 378 g/mol. The highest BCUT2D eigenvalue weighted by atomic mass is 14.8. The van der Waals surface area contributed by atoms with Crippen molar-refractivity contribution in [2.45, 2.75) is 27.7 Å². The molecular weight excluding hydrogens is 348 g/mol. The number of nitrogens with two attached hydrogens (primary N) is 4. The largest absolute Gasteiger partial charge is 0.396 e. The number of para-hydroxylation sites is 2. The van der Waals surface area contributed by atoms with E-state index in [1.165, 1.54) is 0 Å². The maximum Gasteiger partial charge on any atom is 0.0740 e. The van der Waals surface area contributed by atoms with Crippen LogP contribution in [-0.2, 0) is 0 Å². The lowest BCUT2D eigenvalue weighted by atomic mass is 10.2. The first-order valence-corrected chi connectivity index (χ1v) is 9.35. The first kappa shape index (κ1) is 22.5. The maximum absolute atomic E-state index is 5.75. The second kappa shape index (κ2) is 11.2. The number of hydrogen-bond acceptors (Lipinski definition) is 6. The van der Waals surface area contributed by atoms with E-state index in [1.54, 1.807) is 12.4 Å². The molecule has 0 atom stereocenters. The van der Waals surface area contributed by atoms with Gasteiger partial charge in [-0.2, -0.15) is 0 Å². The summed E-state index contributed by atoms with van der Waals surface area (Å²) < 4.78 is 0. The van der Waals surface area contributed by atoms with Gasteiger partial charge in [0, 0.05) is 10.8 Å². The van der Waals surface area contributed by atoms with Gasteiger partial charge in [0.15, 0.2) is 0 Å². The summed E-state index contributed by atoms with van der Waals surface area (Å²) in [5.41, 5.74) is 26.8. The molecule has 148 valence electrons. The second-order valence-electron chi connectivity index (χ2n) is 5.29. The molecule has 0 saturated carbocycles. The lowest BCUT2D eigenvalue weighted by Gasteiger charge is -2.02. The Morgan fingerprint density at radius 3 is 1.21 bits per heavy atom. The first-order valence-electron chi connectivity index (χ1n) is 9.35. The van der Waals surface area contributed by atoms with Gasteiger partial charge in [-0.1, -0.05) is 64.1 Å². The lowest BCUT2D eigenvalue weighted by Crippen LogP contribution is -1.96. The van der Waals surface area contributed by atoms with Crippen LogP contribution in [-0.4, -0.2) is 9.97 Å². The van der Waals surface area contributed by atoms with Gasteiger partial charge in [0.1, 0.15) is 0 Å². The van der Waals surface area contributed by atoms with Crippen LogP contribution in [0.5, 0.6) is 0 Å². The van der Waals surface area contributed by atoms with Gasteiger partial charge in [-0.25, -0.2) is 0 Å². The summed E-state index contributed by atoms with van der Waals surface area (Å²) in [7, 11) is 0. The molecule has 0 aliphatic heterocycles. The Labute approximate surface area is 166 Å². The quantitative estimate of drug-likeness (QED) is 0.346. The average molecular weight is 379 g/mol. The molecular formula is C22H30N6. The number of aromatic nitrogens is 2. The fourth-order valence-corrected chi connectivity index (χ4v) is 2.36. The van der Waals surface area contributed by atoms with Crippen molar-refractivity contribution in [1.82, 2.24) is 9.97 Å². The van der Waals surface area contributed by atoms with Crippen molar-refractivity contribution in [3.05, 3.63) is 60.9 Å². The molecule has 0 fully saturated rings. The van der Waals surface area contributed by atoms with Crippen LogP contribution in [0, 0.1) is 0 Å². The molecule has 0 saturated heterocycles. The summed E-state index contributed by atoms with van der Waals surface area (Å²) >= 11 is 0. The van der Waals surface area contributed by atoms with Crippen molar-refractivity contribution in [3.63, 3.8) is 0 Å². The SMILES string of the molecule is CC.CC.Nc1cnc2ccccc2c1N.Nc1cnc2ccccc2c1N. The van der Waals surface area contributed by atoms with Crippen LogP contribution in [0.25, 0.3) is 21.8 Å². The summed E-state index contributed by atoms with van der Waals surface area (Å²) in [6.07, 6.45) is 3.16. The van der Waals surface area contributed by atoms with E-state index >= 15 is 0 Å². The van der Waals surface area contributed by atoms with Gasteiger partial charge in [-0.3, -0.25) is 9.97 Å². The standard InChI is InChI=1S/2C9H9N3.2C2H6/c2*10-7-5-12-8-4-2-1-3-6(8)9(7)11;2*1-2/h2*1-5H,10H2,(H2,11,12);2*1-2H3. The third-order valence-electron chi connectivity index (χ3n) is 3.70. The van der Waals surface area contributed by atoms with E-state index in [-0.39, 0.29) is 0 Å². The van der Waals surface area contributed by atoms with E-state index in [9.17, 15) is 0 Å². The van der Waals surface area contributed by atoms with E-state index in [4.69, 9.17) is 22.9 Å². The van der Waals surface area contributed by atoms with Gasteiger partial charge < -0.3 is 22.9 Å². The molecule has 0 spiro atoms. The van der Waals surface area contributed by atoms with Gasteiger partial charge in [-0.15, -0.1) is 0 Å². The molecule has 0 unspecified atom stereocenters. The number of hydrogen-bond donors (Lipinski definition) is 4. The predicted octanol–water partition coefficient (Wildman–Crippen LogP) is 4.85. The lowest BCUT2D eigenvalue weighted by molar-refractivity contribution is 1.41. The van der Waals surface area contributed by atoms with Gasteiger partial charge in [0.05, 0.1) is 46.2 Å². The zero-order chi connectivity index (χ0) is 21.1. The zero-order valence-corrected chi connectivity index (χ0v) is 17.0. The highest BCUT2D eigenvalue weighted by Gasteiger charge is 2.01. The molecule has 0 bridgehead atoms. The second-order valence-corrected chi connectivity index (χ2v) is 5.29. The Morgan fingerprint density at radius 1 is 0.536 bits per heavy atom. The summed E-state index contributed by atoms with van der Waals surface area (Å²) in [5.74, 6) is 0. The third kappa shape index (κ3) is 5.23. The molecule has 2 aromatic carbocycles.